The molecule has 0 aromatic heterocycles. The molecule has 6 nitrogen and oxygen atoms in total. The van der Waals surface area contributed by atoms with Gasteiger partial charge < -0.3 is 5.11 Å². The number of aromatic carboxylic acids is 1. The lowest BCUT2D eigenvalue weighted by molar-refractivity contribution is -0.120. The van der Waals surface area contributed by atoms with Crippen molar-refractivity contribution in [3.05, 3.63) is 27.3 Å². The number of carboxylic acids is 1. The average molecular weight is 395 g/mol. The molecule has 19 heavy (non-hydrogen) atoms. The van der Waals surface area contributed by atoms with E-state index in [0.717, 1.165) is 0 Å². The molecule has 1 aromatic rings. The molecule has 0 spiro atoms. The summed E-state index contributed by atoms with van der Waals surface area (Å²) >= 11 is 1.87. The maximum absolute atomic E-state index is 12.0. The third-order valence-corrected chi connectivity index (χ3v) is 5.89. The summed E-state index contributed by atoms with van der Waals surface area (Å²) in [6.45, 7) is 2.65. The molecule has 2 rings (SSSR count). The normalized spacial score (nSPS) is 19.9. The van der Waals surface area contributed by atoms with E-state index < -0.39 is 26.6 Å². The number of carbonyl (C=O) groups is 2. The fourth-order valence-electron chi connectivity index (χ4n) is 1.72. The lowest BCUT2D eigenvalue weighted by Crippen LogP contribution is -2.67. The van der Waals surface area contributed by atoms with Gasteiger partial charge in [0.05, 0.1) is 11.3 Å². The molecule has 0 unspecified atom stereocenters. The van der Waals surface area contributed by atoms with E-state index in [0.29, 0.717) is 7.88 Å². The molecule has 1 amide bonds. The number of hydrogen-bond acceptors (Lipinski definition) is 4. The highest BCUT2D eigenvalue weighted by Crippen LogP contribution is 2.39. The monoisotopic (exact) mass is 395 g/mol. The van der Waals surface area contributed by atoms with E-state index in [-0.39, 0.29) is 11.3 Å². The molecule has 1 aliphatic rings. The first kappa shape index (κ1) is 14.3. The molecule has 1 saturated heterocycles. The zero-order valence-electron chi connectivity index (χ0n) is 10.0. The maximum Gasteiger partial charge on any atom is 0.335 e. The number of benzene rings is 1. The highest BCUT2D eigenvalue weighted by atomic mass is 127. The molecular weight excluding hydrogens is 385 g/mol. The van der Waals surface area contributed by atoms with Crippen molar-refractivity contribution in [1.29, 1.82) is 0 Å². The van der Waals surface area contributed by atoms with Crippen molar-refractivity contribution in [2.75, 3.05) is 4.31 Å². The predicted octanol–water partition coefficient (Wildman–Crippen LogP) is 1.44. The van der Waals surface area contributed by atoms with E-state index in [9.17, 15) is 18.0 Å². The Hall–Kier alpha value is -1.16. The quantitative estimate of drug-likeness (QED) is 0.766. The average Bonchev–Trinajstić information content (AvgIpc) is 2.27. The van der Waals surface area contributed by atoms with Crippen LogP contribution in [0.4, 0.5) is 5.69 Å². The Morgan fingerprint density at radius 1 is 1.32 bits per heavy atom. The second-order valence-corrected chi connectivity index (χ2v) is 8.17. The molecule has 0 saturated carbocycles. The molecular formula is C11H10INO5S. The fourth-order valence-corrected chi connectivity index (χ4v) is 3.84. The van der Waals surface area contributed by atoms with Crippen LogP contribution >= 0.6 is 22.6 Å². The Balaban J connectivity index is 2.56. The molecule has 0 radical (unpaired) electrons. The van der Waals surface area contributed by atoms with Crippen molar-refractivity contribution >= 4 is 50.2 Å². The van der Waals surface area contributed by atoms with Crippen molar-refractivity contribution in [3.8, 4) is 0 Å². The van der Waals surface area contributed by atoms with Gasteiger partial charge in [-0.2, -0.15) is 0 Å². The van der Waals surface area contributed by atoms with Crippen LogP contribution in [0, 0.1) is 3.57 Å². The van der Waals surface area contributed by atoms with Crippen LogP contribution in [-0.4, -0.2) is 30.1 Å². The van der Waals surface area contributed by atoms with Crippen LogP contribution in [0.1, 0.15) is 24.2 Å². The largest absolute Gasteiger partial charge is 0.478 e. The number of halogens is 1. The Bertz CT molecular complexity index is 695. The van der Waals surface area contributed by atoms with Crippen LogP contribution < -0.4 is 4.31 Å². The molecule has 1 aliphatic heterocycles. The summed E-state index contributed by atoms with van der Waals surface area (Å²) in [5.41, 5.74) is 0.00299. The number of rotatable bonds is 2. The first-order valence-electron chi connectivity index (χ1n) is 5.22. The zero-order valence-corrected chi connectivity index (χ0v) is 13.0. The fraction of sp³-hybridized carbons (Fsp3) is 0.273. The van der Waals surface area contributed by atoms with Gasteiger partial charge >= 0.3 is 5.97 Å². The van der Waals surface area contributed by atoms with Gasteiger partial charge in [-0.05, 0) is 54.6 Å². The minimum absolute atomic E-state index is 0.0605. The van der Waals surface area contributed by atoms with Crippen LogP contribution in [0.2, 0.25) is 0 Å². The van der Waals surface area contributed by atoms with Gasteiger partial charge in [-0.25, -0.2) is 17.5 Å². The van der Waals surface area contributed by atoms with Crippen LogP contribution in [0.25, 0.3) is 0 Å². The predicted molar refractivity (Wildman–Crippen MR) is 76.6 cm³/mol. The van der Waals surface area contributed by atoms with E-state index in [1.165, 1.54) is 32.0 Å². The Labute approximate surface area is 123 Å². The van der Waals surface area contributed by atoms with Gasteiger partial charge in [0.1, 0.15) is 0 Å². The smallest absolute Gasteiger partial charge is 0.335 e. The van der Waals surface area contributed by atoms with Crippen LogP contribution in [0.3, 0.4) is 0 Å². The van der Waals surface area contributed by atoms with E-state index >= 15 is 0 Å². The van der Waals surface area contributed by atoms with E-state index in [4.69, 9.17) is 5.11 Å². The van der Waals surface area contributed by atoms with Crippen LogP contribution in [0.15, 0.2) is 18.2 Å². The summed E-state index contributed by atoms with van der Waals surface area (Å²) < 4.78 is 23.8. The molecule has 1 fully saturated rings. The van der Waals surface area contributed by atoms with Gasteiger partial charge in [0, 0.05) is 3.57 Å². The van der Waals surface area contributed by atoms with Gasteiger partial charge in [-0.1, -0.05) is 0 Å². The van der Waals surface area contributed by atoms with Crippen molar-refractivity contribution in [1.82, 2.24) is 0 Å². The minimum Gasteiger partial charge on any atom is -0.478 e. The number of carbonyl (C=O) groups excluding carboxylic acids is 1. The van der Waals surface area contributed by atoms with E-state index in [1.54, 1.807) is 0 Å². The number of hydrogen-bond donors (Lipinski definition) is 1. The van der Waals surface area contributed by atoms with Crippen molar-refractivity contribution in [3.63, 3.8) is 0 Å². The molecule has 1 N–H and O–H groups in total. The van der Waals surface area contributed by atoms with Gasteiger partial charge in [-0.15, -0.1) is 0 Å². The number of anilines is 1. The lowest BCUT2D eigenvalue weighted by Gasteiger charge is -2.42. The maximum atomic E-state index is 12.0. The van der Waals surface area contributed by atoms with Crippen LogP contribution in [-0.2, 0) is 14.8 Å². The zero-order chi connectivity index (χ0) is 14.6. The summed E-state index contributed by atoms with van der Waals surface area (Å²) in [6, 6.07) is 4.03. The molecule has 0 aliphatic carbocycles. The second-order valence-electron chi connectivity index (χ2n) is 4.59. The van der Waals surface area contributed by atoms with Gasteiger partial charge in [0.15, 0.2) is 4.75 Å². The second kappa shape index (κ2) is 4.17. The Morgan fingerprint density at radius 3 is 2.37 bits per heavy atom. The number of carboxylic acid groups (broad SMARTS) is 1. The van der Waals surface area contributed by atoms with Gasteiger partial charge in [0.25, 0.3) is 15.9 Å². The third-order valence-electron chi connectivity index (χ3n) is 2.95. The van der Waals surface area contributed by atoms with Crippen molar-refractivity contribution in [2.45, 2.75) is 18.6 Å². The molecule has 0 atom stereocenters. The van der Waals surface area contributed by atoms with Crippen molar-refractivity contribution in [2.24, 2.45) is 0 Å². The number of sulfonamides is 1. The number of nitrogens with zero attached hydrogens (tertiary/aromatic N) is 1. The Kier molecular flexibility index (Phi) is 3.13. The number of amides is 1. The molecule has 8 heteroatoms. The van der Waals surface area contributed by atoms with Gasteiger partial charge in [-0.3, -0.25) is 4.79 Å². The van der Waals surface area contributed by atoms with E-state index in [2.05, 4.69) is 0 Å². The lowest BCUT2D eigenvalue weighted by atomic mass is 10.1. The standard InChI is InChI=1S/C11H10INO5S/c1-11(2)10(16)13(19(11,17)18)8-4-6(9(14)15)3-7(12)5-8/h3-5H,1-2H3,(H,14,15). The SMILES string of the molecule is CC1(C)C(=O)N(c2cc(I)cc(C(=O)O)c2)S1(=O)=O. The Morgan fingerprint density at radius 2 is 1.89 bits per heavy atom. The first-order chi connectivity index (χ1) is 8.59. The topological polar surface area (TPSA) is 91.8 Å². The minimum atomic E-state index is -3.77. The first-order valence-corrected chi connectivity index (χ1v) is 7.74. The summed E-state index contributed by atoms with van der Waals surface area (Å²) in [7, 11) is -3.77. The van der Waals surface area contributed by atoms with Crippen molar-refractivity contribution < 1.29 is 23.1 Å². The summed E-state index contributed by atoms with van der Waals surface area (Å²) in [5.74, 6) is -1.74. The molecule has 1 aromatic carbocycles. The summed E-state index contributed by atoms with van der Waals surface area (Å²) in [6.07, 6.45) is 0. The van der Waals surface area contributed by atoms with Gasteiger partial charge in [0.2, 0.25) is 0 Å². The van der Waals surface area contributed by atoms with E-state index in [1.807, 2.05) is 22.6 Å². The highest BCUT2D eigenvalue weighted by molar-refractivity contribution is 14.1. The summed E-state index contributed by atoms with van der Waals surface area (Å²) in [5, 5.41) is 8.95. The molecule has 1 heterocycles. The highest BCUT2D eigenvalue weighted by Gasteiger charge is 2.60. The summed E-state index contributed by atoms with van der Waals surface area (Å²) in [4.78, 5) is 22.8. The third kappa shape index (κ3) is 1.93. The molecule has 102 valence electrons. The van der Waals surface area contributed by atoms with Crippen LogP contribution in [0.5, 0.6) is 0 Å². The molecule has 0 bridgehead atoms.